The van der Waals surface area contributed by atoms with Crippen LogP contribution in [0.4, 0.5) is 0 Å². The van der Waals surface area contributed by atoms with Gasteiger partial charge in [-0.05, 0) is 57.6 Å². The predicted molar refractivity (Wildman–Crippen MR) is 173 cm³/mol. The maximum absolute atomic E-state index is 6.78. The first-order chi connectivity index (χ1) is 20.2. The van der Waals surface area contributed by atoms with Crippen molar-refractivity contribution in [3.8, 4) is 22.3 Å². The summed E-state index contributed by atoms with van der Waals surface area (Å²) < 4.78 is 15.6. The Labute approximate surface area is 251 Å². The van der Waals surface area contributed by atoms with E-state index in [0.717, 1.165) is 63.9 Å². The van der Waals surface area contributed by atoms with Crippen molar-refractivity contribution in [1.82, 2.24) is 0 Å². The van der Waals surface area contributed by atoms with E-state index in [-0.39, 0.29) is 0 Å². The summed E-state index contributed by atoms with van der Waals surface area (Å²) in [6, 6.07) is 39.0. The van der Waals surface area contributed by atoms with Gasteiger partial charge in [0.2, 0.25) is 0 Å². The minimum absolute atomic E-state index is 0.525. The third kappa shape index (κ3) is 2.52. The molecule has 0 radical (unpaired) electrons. The highest BCUT2D eigenvalue weighted by molar-refractivity contribution is 9.11. The lowest BCUT2D eigenvalue weighted by molar-refractivity contribution is 0.665. The van der Waals surface area contributed by atoms with Crippen LogP contribution >= 0.6 is 31.9 Å². The van der Waals surface area contributed by atoms with E-state index in [0.29, 0.717) is 0 Å². The van der Waals surface area contributed by atoms with E-state index in [2.05, 4.69) is 129 Å². The van der Waals surface area contributed by atoms with Crippen molar-refractivity contribution in [2.45, 2.75) is 5.41 Å². The normalized spacial score (nSPS) is 14.3. The van der Waals surface area contributed by atoms with Crippen LogP contribution < -0.4 is 0 Å². The van der Waals surface area contributed by atoms with Crippen LogP contribution in [0.15, 0.2) is 127 Å². The maximum atomic E-state index is 6.78. The molecule has 0 saturated carbocycles. The van der Waals surface area contributed by atoms with Gasteiger partial charge < -0.3 is 8.83 Å². The highest BCUT2D eigenvalue weighted by Gasteiger charge is 2.54. The van der Waals surface area contributed by atoms with Crippen molar-refractivity contribution in [2.24, 2.45) is 0 Å². The Morgan fingerprint density at radius 1 is 0.463 bits per heavy atom. The standard InChI is InChI=1S/C37H18Br2O2/c38-27-17-25-33(35-31(27)21-11-3-7-15-29(21)40-35)34-26(18-28(39)32-22-12-4-8-16-30(22)41-36(32)34)37(25)23-13-5-1-9-19(23)20-10-2-6-14-24(20)37/h1-18H. The Morgan fingerprint density at radius 2 is 0.878 bits per heavy atom. The number of hydrogen-bond donors (Lipinski definition) is 0. The van der Waals surface area contributed by atoms with E-state index >= 15 is 0 Å². The highest BCUT2D eigenvalue weighted by atomic mass is 79.9. The summed E-state index contributed by atoms with van der Waals surface area (Å²) in [7, 11) is 0. The molecule has 2 aliphatic carbocycles. The monoisotopic (exact) mass is 652 g/mol. The van der Waals surface area contributed by atoms with Crippen LogP contribution in [0.1, 0.15) is 22.3 Å². The smallest absolute Gasteiger partial charge is 0.144 e. The largest absolute Gasteiger partial charge is 0.455 e. The van der Waals surface area contributed by atoms with Gasteiger partial charge in [-0.3, -0.25) is 0 Å². The van der Waals surface area contributed by atoms with Gasteiger partial charge in [0, 0.05) is 41.6 Å². The summed E-state index contributed by atoms with van der Waals surface area (Å²) in [5.41, 5.74) is 12.8. The number of halogens is 2. The summed E-state index contributed by atoms with van der Waals surface area (Å²) in [6.07, 6.45) is 0. The molecule has 4 heteroatoms. The van der Waals surface area contributed by atoms with E-state index in [4.69, 9.17) is 8.83 Å². The maximum Gasteiger partial charge on any atom is 0.144 e. The topological polar surface area (TPSA) is 26.3 Å². The molecule has 192 valence electrons. The van der Waals surface area contributed by atoms with Crippen LogP contribution in [-0.2, 0) is 5.41 Å². The molecule has 2 nitrogen and oxygen atoms in total. The van der Waals surface area contributed by atoms with Gasteiger partial charge in [0.25, 0.3) is 0 Å². The average molecular weight is 654 g/mol. The predicted octanol–water partition coefficient (Wildman–Crippen LogP) is 11.4. The van der Waals surface area contributed by atoms with Crippen molar-refractivity contribution in [3.05, 3.63) is 140 Å². The van der Waals surface area contributed by atoms with Crippen LogP contribution in [0.25, 0.3) is 66.1 Å². The van der Waals surface area contributed by atoms with Gasteiger partial charge in [0.15, 0.2) is 0 Å². The zero-order valence-corrected chi connectivity index (χ0v) is 24.6. The fourth-order valence-corrected chi connectivity index (χ4v) is 9.00. The third-order valence-corrected chi connectivity index (χ3v) is 10.5. The minimum atomic E-state index is -0.525. The Kier molecular flexibility index (Phi) is 4.17. The van der Waals surface area contributed by atoms with E-state index in [1.54, 1.807) is 0 Å². The molecule has 0 fully saturated rings. The molecule has 0 aliphatic heterocycles. The molecule has 0 amide bonds. The van der Waals surface area contributed by atoms with E-state index < -0.39 is 5.41 Å². The lowest BCUT2D eigenvalue weighted by Crippen LogP contribution is -2.26. The van der Waals surface area contributed by atoms with E-state index in [1.165, 1.54) is 33.4 Å². The molecule has 0 N–H and O–H groups in total. The van der Waals surface area contributed by atoms with E-state index in [9.17, 15) is 0 Å². The molecule has 10 rings (SSSR count). The van der Waals surface area contributed by atoms with Crippen molar-refractivity contribution in [1.29, 1.82) is 0 Å². The molecule has 8 aromatic rings. The number of para-hydroxylation sites is 2. The first-order valence-electron chi connectivity index (χ1n) is 13.7. The van der Waals surface area contributed by atoms with Crippen LogP contribution in [0.5, 0.6) is 0 Å². The fourth-order valence-electron chi connectivity index (χ4n) is 7.75. The molecule has 0 unspecified atom stereocenters. The van der Waals surface area contributed by atoms with Crippen LogP contribution in [-0.4, -0.2) is 0 Å². The second kappa shape index (κ2) is 7.58. The van der Waals surface area contributed by atoms with Gasteiger partial charge >= 0.3 is 0 Å². The van der Waals surface area contributed by atoms with Gasteiger partial charge in [0.05, 0.1) is 5.41 Å². The summed E-state index contributed by atoms with van der Waals surface area (Å²) in [5.74, 6) is 0. The zero-order chi connectivity index (χ0) is 27.0. The summed E-state index contributed by atoms with van der Waals surface area (Å²) in [4.78, 5) is 0. The Balaban J connectivity index is 1.52. The first-order valence-corrected chi connectivity index (χ1v) is 15.2. The molecule has 0 saturated heterocycles. The lowest BCUT2D eigenvalue weighted by atomic mass is 9.70. The number of fused-ring (bicyclic) bond motifs is 18. The SMILES string of the molecule is Brc1cc2c(c3oc4ccccc4c13)-c1c(cc(Br)c3c1oc1ccccc13)C21c2ccccc2-c2ccccc21. The first kappa shape index (κ1) is 22.6. The molecule has 2 heterocycles. The van der Waals surface area contributed by atoms with Crippen molar-refractivity contribution >= 4 is 75.7 Å². The van der Waals surface area contributed by atoms with Crippen molar-refractivity contribution in [2.75, 3.05) is 0 Å². The number of rotatable bonds is 0. The van der Waals surface area contributed by atoms with Crippen molar-refractivity contribution < 1.29 is 8.83 Å². The second-order valence-corrected chi connectivity index (χ2v) is 12.7. The molecular weight excluding hydrogens is 636 g/mol. The Bertz CT molecular complexity index is 2290. The molecule has 0 atom stereocenters. The van der Waals surface area contributed by atoms with Gasteiger partial charge in [0.1, 0.15) is 22.3 Å². The van der Waals surface area contributed by atoms with Crippen LogP contribution in [0, 0.1) is 0 Å². The number of furan rings is 2. The summed E-state index contributed by atoms with van der Waals surface area (Å²) in [5, 5.41) is 4.39. The van der Waals surface area contributed by atoms with Gasteiger partial charge in [-0.25, -0.2) is 0 Å². The quantitative estimate of drug-likeness (QED) is 0.163. The van der Waals surface area contributed by atoms with Gasteiger partial charge in [-0.1, -0.05) is 117 Å². The summed E-state index contributed by atoms with van der Waals surface area (Å²) >= 11 is 8.01. The lowest BCUT2D eigenvalue weighted by Gasteiger charge is -2.30. The van der Waals surface area contributed by atoms with Crippen LogP contribution in [0.3, 0.4) is 0 Å². The summed E-state index contributed by atoms with van der Waals surface area (Å²) in [6.45, 7) is 0. The highest BCUT2D eigenvalue weighted by Crippen LogP contribution is 2.66. The van der Waals surface area contributed by atoms with Crippen LogP contribution in [0.2, 0.25) is 0 Å². The molecule has 6 aromatic carbocycles. The Hall–Kier alpha value is -4.12. The molecule has 2 aromatic heterocycles. The second-order valence-electron chi connectivity index (χ2n) is 11.0. The third-order valence-electron chi connectivity index (χ3n) is 9.21. The molecule has 41 heavy (non-hydrogen) atoms. The average Bonchev–Trinajstić information content (AvgIpc) is 3.72. The van der Waals surface area contributed by atoms with Gasteiger partial charge in [-0.2, -0.15) is 0 Å². The molecule has 1 spiro atoms. The molecular formula is C37H18Br2O2. The number of benzene rings is 6. The zero-order valence-electron chi connectivity index (χ0n) is 21.5. The van der Waals surface area contributed by atoms with Gasteiger partial charge in [-0.15, -0.1) is 0 Å². The minimum Gasteiger partial charge on any atom is -0.455 e. The van der Waals surface area contributed by atoms with Crippen molar-refractivity contribution in [3.63, 3.8) is 0 Å². The molecule has 0 bridgehead atoms. The molecule has 2 aliphatic rings. The Morgan fingerprint density at radius 3 is 1.37 bits per heavy atom. The fraction of sp³-hybridized carbons (Fsp3) is 0.0270. The number of hydrogen-bond acceptors (Lipinski definition) is 2. The van der Waals surface area contributed by atoms with E-state index in [1.807, 2.05) is 12.1 Å².